The van der Waals surface area contributed by atoms with Crippen LogP contribution in [-0.4, -0.2) is 45.7 Å². The van der Waals surface area contributed by atoms with Crippen molar-refractivity contribution in [2.24, 2.45) is 18.7 Å². The zero-order valence-corrected chi connectivity index (χ0v) is 15.6. The third-order valence-corrected chi connectivity index (χ3v) is 5.03. The van der Waals surface area contributed by atoms with Gasteiger partial charge in [0.1, 0.15) is 11.9 Å². The lowest BCUT2D eigenvalue weighted by Gasteiger charge is -2.38. The highest BCUT2D eigenvalue weighted by Gasteiger charge is 2.33. The molecule has 1 aliphatic heterocycles. The van der Waals surface area contributed by atoms with E-state index in [9.17, 15) is 9.59 Å². The van der Waals surface area contributed by atoms with Crippen LogP contribution in [-0.2, 0) is 23.1 Å². The van der Waals surface area contributed by atoms with Gasteiger partial charge in [-0.15, -0.1) is 0 Å². The summed E-state index contributed by atoms with van der Waals surface area (Å²) in [6, 6.07) is 11.5. The SMILES string of the molecule is Cn1nccc1CCC(=O)N1CC[C@H](Oc2ccccc2)[C@@H](CC(N)=O)C1. The van der Waals surface area contributed by atoms with Gasteiger partial charge in [-0.2, -0.15) is 5.10 Å². The van der Waals surface area contributed by atoms with Crippen LogP contribution in [0, 0.1) is 5.92 Å². The highest BCUT2D eigenvalue weighted by molar-refractivity contribution is 5.77. The molecule has 0 aliphatic carbocycles. The number of primary amides is 1. The van der Waals surface area contributed by atoms with E-state index >= 15 is 0 Å². The summed E-state index contributed by atoms with van der Waals surface area (Å²) in [6.07, 6.45) is 3.58. The van der Waals surface area contributed by atoms with Crippen LogP contribution in [0.4, 0.5) is 0 Å². The smallest absolute Gasteiger partial charge is 0.222 e. The Hall–Kier alpha value is -2.83. The minimum absolute atomic E-state index is 0.0869. The monoisotopic (exact) mass is 370 g/mol. The van der Waals surface area contributed by atoms with Gasteiger partial charge < -0.3 is 15.4 Å². The van der Waals surface area contributed by atoms with Crippen molar-refractivity contribution < 1.29 is 14.3 Å². The van der Waals surface area contributed by atoms with Gasteiger partial charge >= 0.3 is 0 Å². The van der Waals surface area contributed by atoms with Crippen molar-refractivity contribution in [2.45, 2.75) is 31.8 Å². The standard InChI is InChI=1S/C20H26N4O3/c1-23-16(9-11-22-23)7-8-20(26)24-12-10-18(15(14-24)13-19(21)25)27-17-5-3-2-4-6-17/h2-6,9,11,15,18H,7-8,10,12-14H2,1H3,(H2,21,25)/t15-,18-/m0/s1. The van der Waals surface area contributed by atoms with E-state index in [1.807, 2.05) is 48.3 Å². The van der Waals surface area contributed by atoms with Crippen molar-refractivity contribution in [1.82, 2.24) is 14.7 Å². The molecule has 1 aromatic carbocycles. The Bertz CT molecular complexity index is 775. The number of para-hydroxylation sites is 1. The number of benzene rings is 1. The van der Waals surface area contributed by atoms with Crippen molar-refractivity contribution in [2.75, 3.05) is 13.1 Å². The van der Waals surface area contributed by atoms with Gasteiger partial charge in [0.15, 0.2) is 0 Å². The highest BCUT2D eigenvalue weighted by atomic mass is 16.5. The van der Waals surface area contributed by atoms with Gasteiger partial charge in [0.05, 0.1) is 0 Å². The maximum absolute atomic E-state index is 12.6. The minimum Gasteiger partial charge on any atom is -0.490 e. The molecule has 27 heavy (non-hydrogen) atoms. The lowest BCUT2D eigenvalue weighted by Crippen LogP contribution is -2.49. The van der Waals surface area contributed by atoms with E-state index in [0.29, 0.717) is 32.4 Å². The molecule has 7 heteroatoms. The van der Waals surface area contributed by atoms with Gasteiger partial charge in [0, 0.05) is 57.2 Å². The summed E-state index contributed by atoms with van der Waals surface area (Å²) in [4.78, 5) is 26.0. The molecule has 0 spiro atoms. The number of piperidine rings is 1. The zero-order chi connectivity index (χ0) is 19.2. The number of likely N-dealkylation sites (tertiary alicyclic amines) is 1. The minimum atomic E-state index is -0.370. The van der Waals surface area contributed by atoms with Crippen molar-refractivity contribution >= 4 is 11.8 Å². The van der Waals surface area contributed by atoms with E-state index < -0.39 is 0 Å². The maximum atomic E-state index is 12.6. The first-order valence-electron chi connectivity index (χ1n) is 9.27. The number of hydrogen-bond donors (Lipinski definition) is 1. The molecule has 2 heterocycles. The van der Waals surface area contributed by atoms with Gasteiger partial charge in [-0.1, -0.05) is 18.2 Å². The number of nitrogens with two attached hydrogens (primary N) is 1. The number of ether oxygens (including phenoxy) is 1. The van der Waals surface area contributed by atoms with Crippen LogP contribution in [0.3, 0.4) is 0 Å². The molecule has 0 radical (unpaired) electrons. The van der Waals surface area contributed by atoms with Gasteiger partial charge in [-0.3, -0.25) is 14.3 Å². The van der Waals surface area contributed by atoms with Gasteiger partial charge in [0.2, 0.25) is 11.8 Å². The van der Waals surface area contributed by atoms with E-state index in [4.69, 9.17) is 10.5 Å². The van der Waals surface area contributed by atoms with Crippen LogP contribution >= 0.6 is 0 Å². The van der Waals surface area contributed by atoms with E-state index in [2.05, 4.69) is 5.10 Å². The first kappa shape index (κ1) is 18.9. The topological polar surface area (TPSA) is 90.4 Å². The summed E-state index contributed by atoms with van der Waals surface area (Å²) < 4.78 is 7.86. The Morgan fingerprint density at radius 1 is 1.26 bits per heavy atom. The van der Waals surface area contributed by atoms with Crippen molar-refractivity contribution in [3.05, 3.63) is 48.3 Å². The molecule has 0 unspecified atom stereocenters. The molecular weight excluding hydrogens is 344 g/mol. The largest absolute Gasteiger partial charge is 0.490 e. The molecule has 2 atom stereocenters. The normalized spacial score (nSPS) is 19.7. The van der Waals surface area contributed by atoms with Crippen LogP contribution in [0.15, 0.2) is 42.6 Å². The van der Waals surface area contributed by atoms with E-state index in [1.165, 1.54) is 0 Å². The number of rotatable bonds is 7. The predicted octanol–water partition coefficient (Wildman–Crippen LogP) is 1.52. The number of carbonyl (C=O) groups excluding carboxylic acids is 2. The maximum Gasteiger partial charge on any atom is 0.222 e. The Morgan fingerprint density at radius 2 is 2.04 bits per heavy atom. The van der Waals surface area contributed by atoms with Crippen LogP contribution < -0.4 is 10.5 Å². The molecule has 1 aliphatic rings. The van der Waals surface area contributed by atoms with Gasteiger partial charge in [-0.25, -0.2) is 0 Å². The Labute approximate surface area is 159 Å². The third-order valence-electron chi connectivity index (χ3n) is 5.03. The van der Waals surface area contributed by atoms with E-state index in [0.717, 1.165) is 11.4 Å². The summed E-state index contributed by atoms with van der Waals surface area (Å²) in [5.74, 6) is 0.389. The number of nitrogens with zero attached hydrogens (tertiary/aromatic N) is 3. The predicted molar refractivity (Wildman–Crippen MR) is 101 cm³/mol. The lowest BCUT2D eigenvalue weighted by molar-refractivity contribution is -0.136. The fourth-order valence-corrected chi connectivity index (χ4v) is 3.56. The van der Waals surface area contributed by atoms with Gasteiger partial charge in [-0.05, 0) is 24.6 Å². The number of aryl methyl sites for hydroxylation is 2. The lowest BCUT2D eigenvalue weighted by atomic mass is 9.90. The molecule has 2 amide bonds. The number of aromatic nitrogens is 2. The average molecular weight is 370 g/mol. The molecule has 2 aromatic rings. The summed E-state index contributed by atoms with van der Waals surface area (Å²) in [7, 11) is 1.87. The number of hydrogen-bond acceptors (Lipinski definition) is 4. The summed E-state index contributed by atoms with van der Waals surface area (Å²) in [6.45, 7) is 1.11. The molecule has 144 valence electrons. The molecule has 3 rings (SSSR count). The molecule has 1 saturated heterocycles. The Morgan fingerprint density at radius 3 is 2.70 bits per heavy atom. The van der Waals surface area contributed by atoms with Crippen LogP contribution in [0.25, 0.3) is 0 Å². The van der Waals surface area contributed by atoms with Crippen molar-refractivity contribution in [1.29, 1.82) is 0 Å². The van der Waals surface area contributed by atoms with Crippen molar-refractivity contribution in [3.8, 4) is 5.75 Å². The highest BCUT2D eigenvalue weighted by Crippen LogP contribution is 2.26. The first-order valence-corrected chi connectivity index (χ1v) is 9.27. The summed E-state index contributed by atoms with van der Waals surface area (Å²) in [5.41, 5.74) is 6.46. The molecule has 0 saturated carbocycles. The zero-order valence-electron chi connectivity index (χ0n) is 15.6. The fourth-order valence-electron chi connectivity index (χ4n) is 3.56. The second kappa shape index (κ2) is 8.70. The Balaban J connectivity index is 1.60. The second-order valence-electron chi connectivity index (χ2n) is 6.97. The fraction of sp³-hybridized carbons (Fsp3) is 0.450. The third kappa shape index (κ3) is 5.09. The average Bonchev–Trinajstić information content (AvgIpc) is 3.06. The van der Waals surface area contributed by atoms with Crippen LogP contribution in [0.2, 0.25) is 0 Å². The quantitative estimate of drug-likeness (QED) is 0.800. The van der Waals surface area contributed by atoms with E-state index in [-0.39, 0.29) is 30.3 Å². The number of amides is 2. The first-order chi connectivity index (χ1) is 13.0. The Kier molecular flexibility index (Phi) is 6.11. The summed E-state index contributed by atoms with van der Waals surface area (Å²) in [5, 5.41) is 4.13. The molecule has 7 nitrogen and oxygen atoms in total. The molecule has 1 fully saturated rings. The molecule has 1 aromatic heterocycles. The number of carbonyl (C=O) groups is 2. The molecular formula is C20H26N4O3. The second-order valence-corrected chi connectivity index (χ2v) is 6.97. The van der Waals surface area contributed by atoms with Gasteiger partial charge in [0.25, 0.3) is 0 Å². The van der Waals surface area contributed by atoms with Crippen LogP contribution in [0.5, 0.6) is 5.75 Å². The van der Waals surface area contributed by atoms with Crippen LogP contribution in [0.1, 0.15) is 25.0 Å². The molecule has 0 bridgehead atoms. The van der Waals surface area contributed by atoms with Crippen molar-refractivity contribution in [3.63, 3.8) is 0 Å². The molecule has 2 N–H and O–H groups in total. The van der Waals surface area contributed by atoms with E-state index in [1.54, 1.807) is 10.9 Å². The summed E-state index contributed by atoms with van der Waals surface area (Å²) >= 11 is 0.